The number of hydrogen-bond acceptors (Lipinski definition) is 4. The van der Waals surface area contributed by atoms with Gasteiger partial charge >= 0.3 is 0 Å². The number of fused-ring (bicyclic) bond motifs is 1. The first kappa shape index (κ1) is 20.1. The fourth-order valence-corrected chi connectivity index (χ4v) is 3.78. The van der Waals surface area contributed by atoms with Crippen LogP contribution in [0.5, 0.6) is 0 Å². The molecule has 0 fully saturated rings. The molecule has 0 aliphatic carbocycles. The molecule has 1 aliphatic rings. The number of aliphatic imine (C=N–C) groups is 1. The van der Waals surface area contributed by atoms with Gasteiger partial charge in [-0.25, -0.2) is 4.99 Å². The van der Waals surface area contributed by atoms with Crippen molar-refractivity contribution in [2.24, 2.45) is 4.99 Å². The molecule has 1 aromatic carbocycles. The van der Waals surface area contributed by atoms with Crippen molar-refractivity contribution in [2.75, 3.05) is 6.54 Å². The van der Waals surface area contributed by atoms with Gasteiger partial charge in [0, 0.05) is 31.9 Å². The van der Waals surface area contributed by atoms with Crippen LogP contribution in [0.2, 0.25) is 0 Å². The van der Waals surface area contributed by atoms with Crippen LogP contribution in [0, 0.1) is 0 Å². The van der Waals surface area contributed by atoms with Crippen LogP contribution in [-0.2, 0) is 32.6 Å². The molecule has 0 amide bonds. The summed E-state index contributed by atoms with van der Waals surface area (Å²) in [7, 11) is 0. The van der Waals surface area contributed by atoms with Crippen LogP contribution in [0.3, 0.4) is 0 Å². The number of aryl methyl sites for hydroxylation is 1. The molecular formula is C22H30N8. The largest absolute Gasteiger partial charge is 0.357 e. The van der Waals surface area contributed by atoms with Crippen LogP contribution in [0.4, 0.5) is 0 Å². The third-order valence-corrected chi connectivity index (χ3v) is 5.36. The minimum atomic E-state index is 0.602. The number of rotatable bonds is 7. The molecule has 158 valence electrons. The van der Waals surface area contributed by atoms with Crippen LogP contribution in [0.15, 0.2) is 47.7 Å². The first-order valence-corrected chi connectivity index (χ1v) is 10.8. The van der Waals surface area contributed by atoms with E-state index in [4.69, 9.17) is 4.99 Å². The molecule has 2 aromatic heterocycles. The molecule has 0 unspecified atom stereocenters. The maximum absolute atomic E-state index is 4.81. The maximum atomic E-state index is 4.81. The van der Waals surface area contributed by atoms with E-state index < -0.39 is 0 Å². The van der Waals surface area contributed by atoms with Gasteiger partial charge in [0.25, 0.3) is 0 Å². The monoisotopic (exact) mass is 406 g/mol. The van der Waals surface area contributed by atoms with Crippen molar-refractivity contribution in [2.45, 2.75) is 58.8 Å². The Kier molecular flexibility index (Phi) is 6.74. The lowest BCUT2D eigenvalue weighted by Gasteiger charge is -2.13. The molecule has 0 radical (unpaired) electrons. The van der Waals surface area contributed by atoms with E-state index in [1.807, 2.05) is 16.9 Å². The average Bonchev–Trinajstić information content (AvgIpc) is 3.35. The van der Waals surface area contributed by atoms with E-state index in [1.54, 1.807) is 6.20 Å². The summed E-state index contributed by atoms with van der Waals surface area (Å²) in [5, 5.41) is 19.9. The van der Waals surface area contributed by atoms with Gasteiger partial charge in [0.2, 0.25) is 0 Å². The number of benzene rings is 1. The number of nitrogens with zero attached hydrogens (tertiary/aromatic N) is 6. The molecule has 8 nitrogen and oxygen atoms in total. The zero-order valence-electron chi connectivity index (χ0n) is 17.6. The van der Waals surface area contributed by atoms with E-state index in [0.29, 0.717) is 13.1 Å². The normalized spacial score (nSPS) is 14.2. The minimum Gasteiger partial charge on any atom is -0.357 e. The topological polar surface area (TPSA) is 84.9 Å². The minimum absolute atomic E-state index is 0.602. The summed E-state index contributed by atoms with van der Waals surface area (Å²) in [6.45, 7) is 5.85. The Morgan fingerprint density at radius 2 is 1.97 bits per heavy atom. The maximum Gasteiger partial charge on any atom is 0.191 e. The lowest BCUT2D eigenvalue weighted by atomic mass is 10.1. The SMILES string of the molecule is CCNC(=NCc1ccccc1Cn1cccn1)NCc1nnc2n1CCCCC2. The summed E-state index contributed by atoms with van der Waals surface area (Å²) in [5.74, 6) is 2.88. The van der Waals surface area contributed by atoms with Gasteiger partial charge in [-0.05, 0) is 37.0 Å². The van der Waals surface area contributed by atoms with E-state index in [0.717, 1.165) is 43.7 Å². The molecule has 3 heterocycles. The molecular weight excluding hydrogens is 376 g/mol. The van der Waals surface area contributed by atoms with Crippen LogP contribution in [-0.4, -0.2) is 37.0 Å². The number of nitrogens with one attached hydrogen (secondary N) is 2. The fraction of sp³-hybridized carbons (Fsp3) is 0.455. The summed E-state index contributed by atoms with van der Waals surface area (Å²) in [5.41, 5.74) is 2.42. The van der Waals surface area contributed by atoms with Gasteiger partial charge in [-0.1, -0.05) is 30.7 Å². The molecule has 30 heavy (non-hydrogen) atoms. The van der Waals surface area contributed by atoms with E-state index in [1.165, 1.54) is 30.4 Å². The lowest BCUT2D eigenvalue weighted by molar-refractivity contribution is 0.596. The second-order valence-corrected chi connectivity index (χ2v) is 7.52. The third-order valence-electron chi connectivity index (χ3n) is 5.36. The van der Waals surface area contributed by atoms with Crippen LogP contribution in [0.25, 0.3) is 0 Å². The third kappa shape index (κ3) is 5.06. The second-order valence-electron chi connectivity index (χ2n) is 7.52. The van der Waals surface area contributed by atoms with E-state index in [9.17, 15) is 0 Å². The van der Waals surface area contributed by atoms with E-state index in [2.05, 4.69) is 61.7 Å². The van der Waals surface area contributed by atoms with Crippen LogP contribution in [0.1, 0.15) is 49.0 Å². The van der Waals surface area contributed by atoms with Gasteiger partial charge in [-0.2, -0.15) is 5.10 Å². The van der Waals surface area contributed by atoms with Crippen LogP contribution < -0.4 is 10.6 Å². The first-order valence-electron chi connectivity index (χ1n) is 10.8. The quantitative estimate of drug-likeness (QED) is 0.465. The van der Waals surface area contributed by atoms with Gasteiger partial charge in [-0.3, -0.25) is 4.68 Å². The van der Waals surface area contributed by atoms with Gasteiger partial charge in [0.15, 0.2) is 11.8 Å². The summed E-state index contributed by atoms with van der Waals surface area (Å²) >= 11 is 0. The van der Waals surface area contributed by atoms with Gasteiger partial charge < -0.3 is 15.2 Å². The molecule has 0 bridgehead atoms. The molecule has 2 N–H and O–H groups in total. The Labute approximate surface area is 177 Å². The van der Waals surface area contributed by atoms with Gasteiger partial charge in [0.05, 0.1) is 19.6 Å². The molecule has 0 atom stereocenters. The van der Waals surface area contributed by atoms with Crippen molar-refractivity contribution in [1.82, 2.24) is 35.2 Å². The lowest BCUT2D eigenvalue weighted by Crippen LogP contribution is -2.37. The molecule has 0 saturated heterocycles. The number of guanidine groups is 1. The second kappa shape index (κ2) is 10.0. The standard InChI is InChI=1S/C22H30N8/c1-2-23-22(25-16-21-28-27-20-11-4-3-7-14-30(20)21)24-15-18-9-5-6-10-19(18)17-29-13-8-12-26-29/h5-6,8-10,12-13H,2-4,7,11,14-17H2,1H3,(H2,23,24,25). The zero-order chi connectivity index (χ0) is 20.6. The molecule has 0 spiro atoms. The Balaban J connectivity index is 1.43. The van der Waals surface area contributed by atoms with Crippen LogP contribution >= 0.6 is 0 Å². The Bertz CT molecular complexity index is 957. The molecule has 4 rings (SSSR count). The molecule has 0 saturated carbocycles. The fourth-order valence-electron chi connectivity index (χ4n) is 3.78. The highest BCUT2D eigenvalue weighted by molar-refractivity contribution is 5.79. The Morgan fingerprint density at radius 3 is 2.80 bits per heavy atom. The predicted molar refractivity (Wildman–Crippen MR) is 117 cm³/mol. The summed E-state index contributed by atoms with van der Waals surface area (Å²) in [6, 6.07) is 10.3. The molecule has 3 aromatic rings. The van der Waals surface area contributed by atoms with Crippen molar-refractivity contribution in [3.63, 3.8) is 0 Å². The first-order chi connectivity index (χ1) is 14.8. The highest BCUT2D eigenvalue weighted by atomic mass is 15.3. The van der Waals surface area contributed by atoms with Gasteiger partial charge in [-0.15, -0.1) is 10.2 Å². The van der Waals surface area contributed by atoms with Crippen molar-refractivity contribution in [3.8, 4) is 0 Å². The Hall–Kier alpha value is -3.16. The highest BCUT2D eigenvalue weighted by Crippen LogP contribution is 2.14. The molecule has 8 heteroatoms. The van der Waals surface area contributed by atoms with Gasteiger partial charge in [0.1, 0.15) is 5.82 Å². The highest BCUT2D eigenvalue weighted by Gasteiger charge is 2.14. The van der Waals surface area contributed by atoms with Crippen molar-refractivity contribution in [1.29, 1.82) is 0 Å². The van der Waals surface area contributed by atoms with E-state index in [-0.39, 0.29) is 0 Å². The van der Waals surface area contributed by atoms with E-state index >= 15 is 0 Å². The van der Waals surface area contributed by atoms with Crippen molar-refractivity contribution >= 4 is 5.96 Å². The Morgan fingerprint density at radius 1 is 1.07 bits per heavy atom. The number of aromatic nitrogens is 5. The zero-order valence-corrected chi connectivity index (χ0v) is 17.6. The predicted octanol–water partition coefficient (Wildman–Crippen LogP) is 2.50. The van der Waals surface area contributed by atoms with Crippen molar-refractivity contribution in [3.05, 3.63) is 65.5 Å². The summed E-state index contributed by atoms with van der Waals surface area (Å²) in [6.07, 6.45) is 8.46. The molecule has 1 aliphatic heterocycles. The smallest absolute Gasteiger partial charge is 0.191 e. The summed E-state index contributed by atoms with van der Waals surface area (Å²) < 4.78 is 4.20. The van der Waals surface area contributed by atoms with Crippen molar-refractivity contribution < 1.29 is 0 Å². The number of hydrogen-bond donors (Lipinski definition) is 2. The summed E-state index contributed by atoms with van der Waals surface area (Å²) in [4.78, 5) is 4.81. The average molecular weight is 407 g/mol.